The lowest BCUT2D eigenvalue weighted by Crippen LogP contribution is -2.37. The lowest BCUT2D eigenvalue weighted by Gasteiger charge is -2.28. The fraction of sp³-hybridized carbons (Fsp3) is 0.381. The van der Waals surface area contributed by atoms with Crippen molar-refractivity contribution in [3.05, 3.63) is 59.7 Å². The van der Waals surface area contributed by atoms with E-state index in [1.807, 2.05) is 30.3 Å². The van der Waals surface area contributed by atoms with Gasteiger partial charge in [-0.2, -0.15) is 0 Å². The predicted octanol–water partition coefficient (Wildman–Crippen LogP) is 5.12. The average Bonchev–Trinajstić information content (AvgIpc) is 2.88. The number of fused-ring (bicyclic) bond motifs is 1. The molecule has 0 bridgehead atoms. The highest BCUT2D eigenvalue weighted by Gasteiger charge is 2.39. The van der Waals surface area contributed by atoms with E-state index < -0.39 is 5.38 Å². The van der Waals surface area contributed by atoms with Gasteiger partial charge in [-0.05, 0) is 35.6 Å². The maximum absolute atomic E-state index is 12.5. The Morgan fingerprint density at radius 3 is 2.42 bits per heavy atom. The molecule has 0 spiro atoms. The van der Waals surface area contributed by atoms with E-state index in [1.165, 1.54) is 37.7 Å². The first-order chi connectivity index (χ1) is 11.7. The smallest absolute Gasteiger partial charge is 0.182 e. The second kappa shape index (κ2) is 6.70. The molecule has 3 heteroatoms. The van der Waals surface area contributed by atoms with Crippen molar-refractivity contribution >= 4 is 17.4 Å². The van der Waals surface area contributed by atoms with Gasteiger partial charge in [0.05, 0.1) is 6.04 Å². The zero-order valence-corrected chi connectivity index (χ0v) is 14.4. The highest BCUT2D eigenvalue weighted by Crippen LogP contribution is 2.38. The highest BCUT2D eigenvalue weighted by molar-refractivity contribution is 6.36. The van der Waals surface area contributed by atoms with Crippen LogP contribution in [0.15, 0.2) is 48.5 Å². The van der Waals surface area contributed by atoms with E-state index >= 15 is 0 Å². The molecule has 0 heterocycles. The van der Waals surface area contributed by atoms with E-state index in [1.54, 1.807) is 0 Å². The van der Waals surface area contributed by atoms with Gasteiger partial charge in [0, 0.05) is 11.6 Å². The van der Waals surface area contributed by atoms with Gasteiger partial charge in [0.25, 0.3) is 0 Å². The zero-order valence-electron chi connectivity index (χ0n) is 13.7. The largest absolute Gasteiger partial charge is 0.305 e. The molecule has 2 unspecified atom stereocenters. The minimum atomic E-state index is -0.493. The average molecular weight is 340 g/mol. The van der Waals surface area contributed by atoms with Crippen LogP contribution in [0, 0.1) is 0 Å². The Bertz CT molecular complexity index is 737. The molecule has 2 aromatic rings. The van der Waals surface area contributed by atoms with Gasteiger partial charge in [0.1, 0.15) is 5.38 Å². The lowest BCUT2D eigenvalue weighted by atomic mass is 9.93. The van der Waals surface area contributed by atoms with E-state index in [-0.39, 0.29) is 11.8 Å². The van der Waals surface area contributed by atoms with Crippen LogP contribution in [0.2, 0.25) is 0 Å². The molecular formula is C21H22ClNO. The number of carbonyl (C=O) groups excluding carboxylic acids is 1. The van der Waals surface area contributed by atoms with Crippen molar-refractivity contribution in [3.8, 4) is 11.1 Å². The number of carbonyl (C=O) groups is 1. The molecule has 2 aliphatic rings. The molecule has 124 valence electrons. The third-order valence-electron chi connectivity index (χ3n) is 5.32. The molecule has 2 aromatic carbocycles. The van der Waals surface area contributed by atoms with Crippen LogP contribution < -0.4 is 5.32 Å². The molecule has 2 nitrogen and oxygen atoms in total. The van der Waals surface area contributed by atoms with Gasteiger partial charge >= 0.3 is 0 Å². The van der Waals surface area contributed by atoms with Gasteiger partial charge in [-0.25, -0.2) is 0 Å². The lowest BCUT2D eigenvalue weighted by molar-refractivity contribution is 0.0988. The second-order valence-corrected chi connectivity index (χ2v) is 7.38. The topological polar surface area (TPSA) is 29.1 Å². The van der Waals surface area contributed by atoms with Crippen LogP contribution in [0.25, 0.3) is 11.1 Å². The molecule has 1 saturated carbocycles. The van der Waals surface area contributed by atoms with Crippen LogP contribution in [-0.2, 0) is 0 Å². The third kappa shape index (κ3) is 2.89. The fourth-order valence-electron chi connectivity index (χ4n) is 4.01. The summed E-state index contributed by atoms with van der Waals surface area (Å²) in [4.78, 5) is 12.5. The number of nitrogens with one attached hydrogen (secondary N) is 1. The Labute approximate surface area is 148 Å². The van der Waals surface area contributed by atoms with Gasteiger partial charge in [0.2, 0.25) is 0 Å². The van der Waals surface area contributed by atoms with Crippen molar-refractivity contribution in [2.24, 2.45) is 0 Å². The Balaban J connectivity index is 1.67. The summed E-state index contributed by atoms with van der Waals surface area (Å²) in [7, 11) is 0. The number of hydrogen-bond donors (Lipinski definition) is 1. The molecule has 4 rings (SSSR count). The number of rotatable bonds is 3. The van der Waals surface area contributed by atoms with E-state index in [4.69, 9.17) is 11.6 Å². The first kappa shape index (κ1) is 15.9. The van der Waals surface area contributed by atoms with Crippen LogP contribution in [0.1, 0.15) is 54.1 Å². The summed E-state index contributed by atoms with van der Waals surface area (Å²) in [6.07, 6.45) is 6.22. The van der Waals surface area contributed by atoms with Crippen LogP contribution in [0.5, 0.6) is 0 Å². The van der Waals surface area contributed by atoms with E-state index in [2.05, 4.69) is 23.5 Å². The summed E-state index contributed by atoms with van der Waals surface area (Å²) in [5.74, 6) is 0.0552. The Kier molecular flexibility index (Phi) is 4.43. The van der Waals surface area contributed by atoms with E-state index in [0.717, 1.165) is 16.7 Å². The molecule has 24 heavy (non-hydrogen) atoms. The van der Waals surface area contributed by atoms with Gasteiger partial charge < -0.3 is 5.32 Å². The second-order valence-electron chi connectivity index (χ2n) is 6.91. The molecular weight excluding hydrogens is 318 g/mol. The molecule has 0 aliphatic heterocycles. The van der Waals surface area contributed by atoms with Gasteiger partial charge in [-0.3, -0.25) is 4.79 Å². The summed E-state index contributed by atoms with van der Waals surface area (Å²) in [5.41, 5.74) is 4.15. The minimum Gasteiger partial charge on any atom is -0.305 e. The van der Waals surface area contributed by atoms with Gasteiger partial charge in [-0.1, -0.05) is 61.7 Å². The number of hydrogen-bond acceptors (Lipinski definition) is 2. The Morgan fingerprint density at radius 1 is 0.917 bits per heavy atom. The summed E-state index contributed by atoms with van der Waals surface area (Å²) in [5, 5.41) is 3.19. The molecule has 0 aromatic heterocycles. The Hall–Kier alpha value is -1.64. The maximum atomic E-state index is 12.5. The summed E-state index contributed by atoms with van der Waals surface area (Å²) in [6, 6.07) is 16.8. The van der Waals surface area contributed by atoms with Crippen molar-refractivity contribution in [2.75, 3.05) is 0 Å². The Morgan fingerprint density at radius 2 is 1.67 bits per heavy atom. The molecule has 0 radical (unpaired) electrons. The summed E-state index contributed by atoms with van der Waals surface area (Å²) >= 11 is 6.50. The minimum absolute atomic E-state index is 0.0552. The number of halogens is 1. The fourth-order valence-corrected chi connectivity index (χ4v) is 4.34. The van der Waals surface area contributed by atoms with Crippen LogP contribution in [-0.4, -0.2) is 17.2 Å². The third-order valence-corrected chi connectivity index (χ3v) is 5.77. The zero-order chi connectivity index (χ0) is 16.5. The van der Waals surface area contributed by atoms with Crippen molar-refractivity contribution in [3.63, 3.8) is 0 Å². The standard InChI is InChI=1S/C21H22ClNO/c22-19-20(23-16-9-5-2-6-10-16)18-13-15(11-12-17(18)21(19)24)14-7-3-1-4-8-14/h1,3-4,7-8,11-13,16,19-20,23H,2,5-6,9-10H2. The van der Waals surface area contributed by atoms with Crippen molar-refractivity contribution in [2.45, 2.75) is 49.6 Å². The first-order valence-corrected chi connectivity index (χ1v) is 9.31. The molecule has 1 fully saturated rings. The van der Waals surface area contributed by atoms with Crippen molar-refractivity contribution < 1.29 is 4.79 Å². The van der Waals surface area contributed by atoms with Crippen molar-refractivity contribution in [1.29, 1.82) is 0 Å². The van der Waals surface area contributed by atoms with Crippen LogP contribution >= 0.6 is 11.6 Å². The molecule has 0 saturated heterocycles. The van der Waals surface area contributed by atoms with Crippen molar-refractivity contribution in [1.82, 2.24) is 5.32 Å². The highest BCUT2D eigenvalue weighted by atomic mass is 35.5. The van der Waals surface area contributed by atoms with Gasteiger partial charge in [-0.15, -0.1) is 11.6 Å². The van der Waals surface area contributed by atoms with E-state index in [9.17, 15) is 4.79 Å². The van der Waals surface area contributed by atoms with E-state index in [0.29, 0.717) is 6.04 Å². The molecule has 2 atom stereocenters. The maximum Gasteiger partial charge on any atom is 0.182 e. The number of Topliss-reactive ketones (excluding diaryl/α,β-unsaturated/α-hetero) is 1. The van der Waals surface area contributed by atoms with Crippen LogP contribution in [0.4, 0.5) is 0 Å². The van der Waals surface area contributed by atoms with Crippen LogP contribution in [0.3, 0.4) is 0 Å². The predicted molar refractivity (Wildman–Crippen MR) is 98.6 cm³/mol. The normalized spacial score (nSPS) is 24.1. The quantitative estimate of drug-likeness (QED) is 0.786. The number of benzene rings is 2. The molecule has 1 N–H and O–H groups in total. The van der Waals surface area contributed by atoms with Gasteiger partial charge in [0.15, 0.2) is 5.78 Å². The SMILES string of the molecule is O=C1c2ccc(-c3ccccc3)cc2C(NC2CCCCC2)C1Cl. The molecule has 2 aliphatic carbocycles. The first-order valence-electron chi connectivity index (χ1n) is 8.88. The summed E-state index contributed by atoms with van der Waals surface area (Å²) < 4.78 is 0. The summed E-state index contributed by atoms with van der Waals surface area (Å²) in [6.45, 7) is 0. The monoisotopic (exact) mass is 339 g/mol. The number of alkyl halides is 1. The molecule has 0 amide bonds. The number of ketones is 1.